The van der Waals surface area contributed by atoms with Gasteiger partial charge in [-0.05, 0) is 13.3 Å². The monoisotopic (exact) mass is 541 g/mol. The van der Waals surface area contributed by atoms with Gasteiger partial charge in [0.05, 0.1) is 19.7 Å². The Morgan fingerprint density at radius 1 is 0.868 bits per heavy atom. The second-order valence-electron chi connectivity index (χ2n) is 8.84. The fourth-order valence-corrected chi connectivity index (χ4v) is 4.19. The third-order valence-electron chi connectivity index (χ3n) is 6.13. The second kappa shape index (κ2) is 15.0. The van der Waals surface area contributed by atoms with Gasteiger partial charge in [0.25, 0.3) is 10.9 Å². The number of carboxylic acids is 3. The van der Waals surface area contributed by atoms with E-state index < -0.39 is 40.7 Å². The summed E-state index contributed by atoms with van der Waals surface area (Å²) in [6.07, 6.45) is -0.117. The van der Waals surface area contributed by atoms with Crippen molar-refractivity contribution in [3.8, 4) is 5.75 Å². The standard InChI is InChI=1S/C23H35N5O10/c1-2-38-22-19(20(34)21(22)35)25-6-5-24-16(29)4-3-15(23(36)37)28-11-9-26(13-17(30)31)7-8-27(10-12-28)14-18(32)33/h15,25H,2-14H2,1H3,(H,24,29)(H,30,31)(H,32,33)(H,36,37). The summed E-state index contributed by atoms with van der Waals surface area (Å²) in [7, 11) is 0. The van der Waals surface area contributed by atoms with E-state index in [9.17, 15) is 33.9 Å². The van der Waals surface area contributed by atoms with Crippen LogP contribution in [0.5, 0.6) is 5.75 Å². The lowest BCUT2D eigenvalue weighted by atomic mass is 10.1. The van der Waals surface area contributed by atoms with E-state index in [2.05, 4.69) is 10.6 Å². The molecule has 1 aliphatic rings. The first-order chi connectivity index (χ1) is 18.0. The van der Waals surface area contributed by atoms with Crippen LogP contribution in [-0.4, -0.2) is 132 Å². The highest BCUT2D eigenvalue weighted by atomic mass is 16.5. The predicted molar refractivity (Wildman–Crippen MR) is 134 cm³/mol. The highest BCUT2D eigenvalue weighted by Gasteiger charge is 2.29. The van der Waals surface area contributed by atoms with Crippen molar-refractivity contribution < 1.29 is 39.2 Å². The van der Waals surface area contributed by atoms with Crippen LogP contribution in [0.15, 0.2) is 9.59 Å². The fraction of sp³-hybridized carbons (Fsp3) is 0.652. The number of anilines is 1. The molecule has 2 rings (SSSR count). The minimum Gasteiger partial charge on any atom is -0.488 e. The zero-order valence-electron chi connectivity index (χ0n) is 21.3. The molecule has 1 atom stereocenters. The number of rotatable bonds is 15. The lowest BCUT2D eigenvalue weighted by Gasteiger charge is -2.30. The zero-order valence-corrected chi connectivity index (χ0v) is 21.3. The first kappa shape index (κ1) is 30.7. The van der Waals surface area contributed by atoms with E-state index in [0.717, 1.165) is 0 Å². The summed E-state index contributed by atoms with van der Waals surface area (Å²) in [4.78, 5) is 74.8. The number of ether oxygens (including phenoxy) is 1. The van der Waals surface area contributed by atoms with Crippen LogP contribution in [0, 0.1) is 0 Å². The highest BCUT2D eigenvalue weighted by molar-refractivity contribution is 5.78. The molecule has 1 heterocycles. The van der Waals surface area contributed by atoms with Crippen molar-refractivity contribution in [2.75, 3.05) is 77.4 Å². The van der Waals surface area contributed by atoms with E-state index in [0.29, 0.717) is 13.1 Å². The van der Waals surface area contributed by atoms with Crippen LogP contribution in [0.4, 0.5) is 5.69 Å². The molecule has 15 nitrogen and oxygen atoms in total. The van der Waals surface area contributed by atoms with Crippen molar-refractivity contribution >= 4 is 29.5 Å². The lowest BCUT2D eigenvalue weighted by molar-refractivity contribution is -0.144. The van der Waals surface area contributed by atoms with Crippen LogP contribution in [0.1, 0.15) is 19.8 Å². The van der Waals surface area contributed by atoms with Crippen LogP contribution in [0.3, 0.4) is 0 Å². The summed E-state index contributed by atoms with van der Waals surface area (Å²) in [6, 6.07) is -1.03. The summed E-state index contributed by atoms with van der Waals surface area (Å²) < 4.78 is 5.11. The van der Waals surface area contributed by atoms with E-state index in [4.69, 9.17) is 14.9 Å². The number of carbonyl (C=O) groups excluding carboxylic acids is 1. The number of hydrogen-bond acceptors (Lipinski definition) is 11. The minimum absolute atomic E-state index is 0.0148. The van der Waals surface area contributed by atoms with E-state index >= 15 is 0 Å². The topological polar surface area (TPSA) is 206 Å². The van der Waals surface area contributed by atoms with Crippen LogP contribution < -0.4 is 26.2 Å². The van der Waals surface area contributed by atoms with Crippen LogP contribution >= 0.6 is 0 Å². The molecule has 1 aliphatic heterocycles. The van der Waals surface area contributed by atoms with E-state index in [1.165, 1.54) is 0 Å². The Kier molecular flexibility index (Phi) is 12.1. The molecule has 0 radical (unpaired) electrons. The van der Waals surface area contributed by atoms with Crippen LogP contribution in [-0.2, 0) is 19.2 Å². The van der Waals surface area contributed by atoms with Crippen molar-refractivity contribution in [1.29, 1.82) is 0 Å². The Hall–Kier alpha value is -3.56. The van der Waals surface area contributed by atoms with Crippen molar-refractivity contribution in [2.24, 2.45) is 0 Å². The molecular weight excluding hydrogens is 506 g/mol. The molecule has 0 spiro atoms. The minimum atomic E-state index is -1.14. The van der Waals surface area contributed by atoms with Crippen LogP contribution in [0.2, 0.25) is 0 Å². The van der Waals surface area contributed by atoms with Gasteiger partial charge < -0.3 is 30.7 Å². The normalized spacial score (nSPS) is 16.7. The van der Waals surface area contributed by atoms with E-state index in [1.54, 1.807) is 21.6 Å². The number of aliphatic carboxylic acids is 3. The van der Waals surface area contributed by atoms with Gasteiger partial charge in [-0.25, -0.2) is 0 Å². The Bertz CT molecular complexity index is 1030. The summed E-state index contributed by atoms with van der Waals surface area (Å²) in [6.45, 7) is 3.34. The van der Waals surface area contributed by atoms with Gasteiger partial charge in [-0.2, -0.15) is 0 Å². The number of nitrogens with one attached hydrogen (secondary N) is 2. The molecule has 38 heavy (non-hydrogen) atoms. The predicted octanol–water partition coefficient (Wildman–Crippen LogP) is -2.47. The number of amides is 1. The van der Waals surface area contributed by atoms with Crippen molar-refractivity contribution in [2.45, 2.75) is 25.8 Å². The van der Waals surface area contributed by atoms with E-state index in [1.807, 2.05) is 0 Å². The molecule has 1 saturated heterocycles. The Balaban J connectivity index is 1.91. The second-order valence-corrected chi connectivity index (χ2v) is 8.84. The van der Waals surface area contributed by atoms with Crippen molar-refractivity contribution in [3.05, 3.63) is 20.4 Å². The third kappa shape index (κ3) is 9.39. The molecule has 212 valence electrons. The molecule has 15 heteroatoms. The molecule has 5 N–H and O–H groups in total. The zero-order chi connectivity index (χ0) is 28.2. The summed E-state index contributed by atoms with van der Waals surface area (Å²) in [5.74, 6) is -3.66. The summed E-state index contributed by atoms with van der Waals surface area (Å²) in [5, 5.41) is 33.6. The Labute approximate surface area is 218 Å². The summed E-state index contributed by atoms with van der Waals surface area (Å²) in [5.41, 5.74) is -1.31. The van der Waals surface area contributed by atoms with E-state index in [-0.39, 0.29) is 83.2 Å². The first-order valence-electron chi connectivity index (χ1n) is 12.3. The third-order valence-corrected chi connectivity index (χ3v) is 6.13. The van der Waals surface area contributed by atoms with Gasteiger partial charge in [-0.1, -0.05) is 0 Å². The molecule has 1 fully saturated rings. The summed E-state index contributed by atoms with van der Waals surface area (Å²) >= 11 is 0. The molecule has 1 aromatic carbocycles. The molecule has 0 bridgehead atoms. The van der Waals surface area contributed by atoms with Gasteiger partial charge in [0, 0.05) is 58.8 Å². The average Bonchev–Trinajstić information content (AvgIpc) is 2.93. The quantitative estimate of drug-likeness (QED) is 0.115. The lowest BCUT2D eigenvalue weighted by Crippen LogP contribution is -2.47. The SMILES string of the molecule is CCOc1c(NCCNC(=O)CCC(C(=O)O)N2CCN(CC(=O)O)CCN(CC(=O)O)CC2)c(=O)c1=O. The number of carboxylic acid groups (broad SMARTS) is 3. The van der Waals surface area contributed by atoms with Gasteiger partial charge in [-0.3, -0.25) is 43.5 Å². The maximum Gasteiger partial charge on any atom is 0.320 e. The Morgan fingerprint density at radius 2 is 1.42 bits per heavy atom. The molecule has 0 aliphatic carbocycles. The fourth-order valence-electron chi connectivity index (χ4n) is 4.19. The van der Waals surface area contributed by atoms with Gasteiger partial charge in [0.2, 0.25) is 5.91 Å². The number of hydrogen-bond donors (Lipinski definition) is 5. The average molecular weight is 542 g/mol. The molecule has 1 aromatic rings. The van der Waals surface area contributed by atoms with Gasteiger partial charge in [0.1, 0.15) is 11.7 Å². The molecule has 0 aromatic heterocycles. The van der Waals surface area contributed by atoms with Crippen molar-refractivity contribution in [3.63, 3.8) is 0 Å². The maximum absolute atomic E-state index is 12.3. The largest absolute Gasteiger partial charge is 0.488 e. The van der Waals surface area contributed by atoms with Gasteiger partial charge >= 0.3 is 17.9 Å². The smallest absolute Gasteiger partial charge is 0.320 e. The molecule has 1 amide bonds. The number of nitrogens with zero attached hydrogens (tertiary/aromatic N) is 3. The van der Waals surface area contributed by atoms with Crippen molar-refractivity contribution in [1.82, 2.24) is 20.0 Å². The maximum atomic E-state index is 12.3. The Morgan fingerprint density at radius 3 is 1.92 bits per heavy atom. The molecule has 1 unspecified atom stereocenters. The highest BCUT2D eigenvalue weighted by Crippen LogP contribution is 2.16. The van der Waals surface area contributed by atoms with Gasteiger partial charge in [0.15, 0.2) is 5.75 Å². The van der Waals surface area contributed by atoms with Crippen LogP contribution in [0.25, 0.3) is 0 Å². The number of carbonyl (C=O) groups is 4. The van der Waals surface area contributed by atoms with Gasteiger partial charge in [-0.15, -0.1) is 0 Å². The first-order valence-corrected chi connectivity index (χ1v) is 12.3. The molecule has 0 saturated carbocycles. The molecular formula is C23H35N5O10.